The molecule has 0 heterocycles. The van der Waals surface area contributed by atoms with E-state index in [4.69, 9.17) is 5.73 Å². The molecule has 0 radical (unpaired) electrons. The zero-order valence-electron chi connectivity index (χ0n) is 11.4. The largest absolute Gasteiger partial charge is 0.330 e. The highest BCUT2D eigenvalue weighted by molar-refractivity contribution is 7.89. The van der Waals surface area contributed by atoms with Crippen LogP contribution in [0.3, 0.4) is 0 Å². The van der Waals surface area contributed by atoms with Gasteiger partial charge in [-0.3, -0.25) is 0 Å². The number of nitrogens with one attached hydrogen (secondary N) is 1. The molecule has 3 N–H and O–H groups in total. The Balaban J connectivity index is 2.10. The van der Waals surface area contributed by atoms with E-state index in [1.54, 1.807) is 0 Å². The lowest BCUT2D eigenvalue weighted by Crippen LogP contribution is -2.32. The molecule has 18 heavy (non-hydrogen) atoms. The first-order chi connectivity index (χ1) is 8.64. The zero-order valence-corrected chi connectivity index (χ0v) is 12.2. The lowest BCUT2D eigenvalue weighted by Gasteiger charge is -2.21. The fraction of sp³-hybridized carbons (Fsp3) is 1.00. The van der Waals surface area contributed by atoms with Crippen LogP contribution in [0.5, 0.6) is 0 Å². The van der Waals surface area contributed by atoms with Crippen LogP contribution in [0.25, 0.3) is 0 Å². The molecule has 0 unspecified atom stereocenters. The maximum atomic E-state index is 11.8. The van der Waals surface area contributed by atoms with Gasteiger partial charge in [0.25, 0.3) is 0 Å². The van der Waals surface area contributed by atoms with Gasteiger partial charge in [0, 0.05) is 6.54 Å². The number of rotatable bonds is 9. The highest BCUT2D eigenvalue weighted by atomic mass is 32.2. The van der Waals surface area contributed by atoms with E-state index in [1.165, 1.54) is 32.1 Å². The summed E-state index contributed by atoms with van der Waals surface area (Å²) in [6.07, 6.45) is 9.92. The number of nitrogens with two attached hydrogens (primary N) is 1. The summed E-state index contributed by atoms with van der Waals surface area (Å²) in [5, 5.41) is 0. The van der Waals surface area contributed by atoms with Gasteiger partial charge >= 0.3 is 0 Å². The zero-order chi connectivity index (χ0) is 13.3. The summed E-state index contributed by atoms with van der Waals surface area (Å²) in [5.74, 6) is 0.829. The first kappa shape index (κ1) is 15.9. The van der Waals surface area contributed by atoms with Crippen molar-refractivity contribution in [2.45, 2.75) is 57.8 Å². The molecule has 1 aliphatic rings. The predicted octanol–water partition coefficient (Wildman–Crippen LogP) is 2.01. The van der Waals surface area contributed by atoms with Gasteiger partial charge < -0.3 is 5.73 Å². The number of unbranched alkanes of at least 4 members (excludes halogenated alkanes) is 3. The van der Waals surface area contributed by atoms with Crippen molar-refractivity contribution in [3.63, 3.8) is 0 Å². The molecule has 0 spiro atoms. The quantitative estimate of drug-likeness (QED) is 0.633. The van der Waals surface area contributed by atoms with Crippen molar-refractivity contribution in [3.05, 3.63) is 0 Å². The van der Waals surface area contributed by atoms with Crippen LogP contribution in [-0.2, 0) is 10.0 Å². The molecule has 1 rings (SSSR count). The lowest BCUT2D eigenvalue weighted by molar-refractivity contribution is 0.357. The highest BCUT2D eigenvalue weighted by Gasteiger charge is 2.16. The molecule has 0 atom stereocenters. The van der Waals surface area contributed by atoms with Gasteiger partial charge in [-0.2, -0.15) is 0 Å². The summed E-state index contributed by atoms with van der Waals surface area (Å²) in [5.41, 5.74) is 5.40. The molecule has 5 heteroatoms. The van der Waals surface area contributed by atoms with Gasteiger partial charge in [-0.1, -0.05) is 32.1 Å². The molecule has 1 saturated carbocycles. The molecule has 0 amide bonds. The summed E-state index contributed by atoms with van der Waals surface area (Å²) >= 11 is 0. The highest BCUT2D eigenvalue weighted by Crippen LogP contribution is 2.22. The van der Waals surface area contributed by atoms with Crippen molar-refractivity contribution in [1.82, 2.24) is 4.72 Å². The van der Waals surface area contributed by atoms with E-state index < -0.39 is 10.0 Å². The van der Waals surface area contributed by atoms with Crippen LogP contribution in [0.15, 0.2) is 0 Å². The Morgan fingerprint density at radius 1 is 1.00 bits per heavy atom. The summed E-state index contributed by atoms with van der Waals surface area (Å²) in [6, 6.07) is 0. The predicted molar refractivity (Wildman–Crippen MR) is 75.9 cm³/mol. The Morgan fingerprint density at radius 3 is 2.33 bits per heavy atom. The minimum absolute atomic E-state index is 0.268. The van der Waals surface area contributed by atoms with Crippen molar-refractivity contribution in [2.75, 3.05) is 18.8 Å². The number of hydrogen-bond donors (Lipinski definition) is 2. The van der Waals surface area contributed by atoms with Crippen molar-refractivity contribution < 1.29 is 8.42 Å². The molecule has 0 aromatic carbocycles. The minimum atomic E-state index is -3.05. The maximum Gasteiger partial charge on any atom is 0.211 e. The second-order valence-electron chi connectivity index (χ2n) is 5.37. The summed E-state index contributed by atoms with van der Waals surface area (Å²) < 4.78 is 26.3. The minimum Gasteiger partial charge on any atom is -0.330 e. The summed E-state index contributed by atoms with van der Waals surface area (Å²) in [4.78, 5) is 0. The molecule has 108 valence electrons. The third-order valence-corrected chi connectivity index (χ3v) is 5.12. The van der Waals surface area contributed by atoms with Crippen LogP contribution in [0.1, 0.15) is 57.8 Å². The van der Waals surface area contributed by atoms with E-state index in [9.17, 15) is 8.42 Å². The first-order valence-electron chi connectivity index (χ1n) is 7.31. The monoisotopic (exact) mass is 276 g/mol. The molecular formula is C13H28N2O2S. The van der Waals surface area contributed by atoms with Gasteiger partial charge in [-0.25, -0.2) is 13.1 Å². The standard InChI is InChI=1S/C13H28N2O2S/c14-10-6-1-2-7-11-18(16,17)15-12-13-8-4-3-5-9-13/h13,15H,1-12,14H2. The second-order valence-corrected chi connectivity index (χ2v) is 7.30. The average Bonchev–Trinajstić information content (AvgIpc) is 2.38. The summed E-state index contributed by atoms with van der Waals surface area (Å²) in [6.45, 7) is 1.35. The van der Waals surface area contributed by atoms with E-state index in [1.807, 2.05) is 0 Å². The van der Waals surface area contributed by atoms with Gasteiger partial charge in [0.05, 0.1) is 5.75 Å². The Hall–Kier alpha value is -0.130. The smallest absolute Gasteiger partial charge is 0.211 e. The molecular weight excluding hydrogens is 248 g/mol. The van der Waals surface area contributed by atoms with Crippen LogP contribution in [0.2, 0.25) is 0 Å². The number of hydrogen-bond acceptors (Lipinski definition) is 3. The first-order valence-corrected chi connectivity index (χ1v) is 8.96. The Morgan fingerprint density at radius 2 is 1.67 bits per heavy atom. The Labute approximate surface area is 112 Å². The van der Waals surface area contributed by atoms with E-state index >= 15 is 0 Å². The van der Waals surface area contributed by atoms with Crippen molar-refractivity contribution in [1.29, 1.82) is 0 Å². The van der Waals surface area contributed by atoms with Gasteiger partial charge in [0.15, 0.2) is 0 Å². The summed E-state index contributed by atoms with van der Waals surface area (Å²) in [7, 11) is -3.05. The fourth-order valence-corrected chi connectivity index (χ4v) is 3.72. The third kappa shape index (κ3) is 7.34. The van der Waals surface area contributed by atoms with Crippen molar-refractivity contribution >= 4 is 10.0 Å². The average molecular weight is 276 g/mol. The molecule has 0 bridgehead atoms. The van der Waals surface area contributed by atoms with Crippen LogP contribution >= 0.6 is 0 Å². The topological polar surface area (TPSA) is 72.2 Å². The van der Waals surface area contributed by atoms with Crippen LogP contribution in [-0.4, -0.2) is 27.3 Å². The molecule has 0 aromatic heterocycles. The van der Waals surface area contributed by atoms with Crippen LogP contribution in [0.4, 0.5) is 0 Å². The van der Waals surface area contributed by atoms with Gasteiger partial charge in [-0.05, 0) is 38.1 Å². The molecule has 1 aliphatic carbocycles. The normalized spacial score (nSPS) is 18.1. The molecule has 4 nitrogen and oxygen atoms in total. The Kier molecular flexibility index (Phi) is 7.86. The van der Waals surface area contributed by atoms with E-state index in [0.717, 1.165) is 25.7 Å². The van der Waals surface area contributed by atoms with Gasteiger partial charge in [0.2, 0.25) is 10.0 Å². The molecule has 0 saturated heterocycles. The van der Waals surface area contributed by atoms with Gasteiger partial charge in [0.1, 0.15) is 0 Å². The maximum absolute atomic E-state index is 11.8. The fourth-order valence-electron chi connectivity index (χ4n) is 2.50. The van der Waals surface area contributed by atoms with Crippen LogP contribution < -0.4 is 10.5 Å². The van der Waals surface area contributed by atoms with E-state index in [-0.39, 0.29) is 5.75 Å². The van der Waals surface area contributed by atoms with Crippen LogP contribution in [0, 0.1) is 5.92 Å². The molecule has 1 fully saturated rings. The lowest BCUT2D eigenvalue weighted by atomic mass is 9.90. The van der Waals surface area contributed by atoms with Gasteiger partial charge in [-0.15, -0.1) is 0 Å². The third-order valence-electron chi connectivity index (χ3n) is 3.68. The SMILES string of the molecule is NCCCCCCS(=O)(=O)NCC1CCCCC1. The van der Waals surface area contributed by atoms with Crippen molar-refractivity contribution in [2.24, 2.45) is 11.7 Å². The van der Waals surface area contributed by atoms with E-state index in [0.29, 0.717) is 19.0 Å². The number of sulfonamides is 1. The molecule has 0 aliphatic heterocycles. The van der Waals surface area contributed by atoms with Crippen molar-refractivity contribution in [3.8, 4) is 0 Å². The second kappa shape index (κ2) is 8.88. The molecule has 0 aromatic rings. The van der Waals surface area contributed by atoms with E-state index in [2.05, 4.69) is 4.72 Å². The Bertz CT molecular complexity index is 298.